The van der Waals surface area contributed by atoms with Crippen LogP contribution in [-0.4, -0.2) is 12.7 Å². The molecule has 0 aliphatic carbocycles. The van der Waals surface area contributed by atoms with E-state index in [2.05, 4.69) is 6.92 Å². The summed E-state index contributed by atoms with van der Waals surface area (Å²) in [6, 6.07) is 7.91. The Bertz CT molecular complexity index is 1320. The van der Waals surface area contributed by atoms with Crippen LogP contribution in [0.1, 0.15) is 67.7 Å². The van der Waals surface area contributed by atoms with Gasteiger partial charge in [0.05, 0.1) is 12.7 Å². The van der Waals surface area contributed by atoms with Crippen LogP contribution in [0, 0.1) is 34.9 Å². The molecule has 1 aliphatic rings. The van der Waals surface area contributed by atoms with Crippen molar-refractivity contribution in [1.29, 1.82) is 0 Å². The standard InChI is InChI=1S/C31H30F6O/c1-3-5-18-7-8-19(27(33)26(18)32)9-10-20-12-14-24(30(36)28(20)34)25-16-15-23(29(35)31(25)37)21-11-13-22(6-4-2)38-17-21/h3,5,7-8,12,14-16,21-22H,4,6,9-11,13,17H2,1-2H3/b5-3+. The van der Waals surface area contributed by atoms with Crippen LogP contribution in [0.3, 0.4) is 0 Å². The van der Waals surface area contributed by atoms with E-state index in [1.165, 1.54) is 42.5 Å². The Morgan fingerprint density at radius 2 is 1.34 bits per heavy atom. The Labute approximate surface area is 219 Å². The summed E-state index contributed by atoms with van der Waals surface area (Å²) in [4.78, 5) is 0. The van der Waals surface area contributed by atoms with Crippen molar-refractivity contribution in [1.82, 2.24) is 0 Å². The van der Waals surface area contributed by atoms with Gasteiger partial charge in [0.15, 0.2) is 34.9 Å². The Balaban J connectivity index is 1.53. The lowest BCUT2D eigenvalue weighted by Crippen LogP contribution is -2.25. The highest BCUT2D eigenvalue weighted by atomic mass is 19.2. The van der Waals surface area contributed by atoms with Crippen LogP contribution in [0.25, 0.3) is 17.2 Å². The van der Waals surface area contributed by atoms with Gasteiger partial charge >= 0.3 is 0 Å². The second kappa shape index (κ2) is 12.2. The summed E-state index contributed by atoms with van der Waals surface area (Å²) in [5.41, 5.74) is -0.605. The fraction of sp³-hybridized carbons (Fsp3) is 0.355. The van der Waals surface area contributed by atoms with Gasteiger partial charge in [-0.15, -0.1) is 0 Å². The number of hydrogen-bond acceptors (Lipinski definition) is 1. The van der Waals surface area contributed by atoms with Gasteiger partial charge in [-0.25, -0.2) is 26.3 Å². The van der Waals surface area contributed by atoms with Gasteiger partial charge < -0.3 is 4.74 Å². The van der Waals surface area contributed by atoms with Gasteiger partial charge in [0, 0.05) is 22.6 Å². The molecule has 4 rings (SSSR count). The summed E-state index contributed by atoms with van der Waals surface area (Å²) in [5.74, 6) is -7.26. The molecule has 2 unspecified atom stereocenters. The Morgan fingerprint density at radius 1 is 0.737 bits per heavy atom. The quantitative estimate of drug-likeness (QED) is 0.263. The molecule has 1 heterocycles. The molecule has 1 aliphatic heterocycles. The van der Waals surface area contributed by atoms with Crippen LogP contribution < -0.4 is 0 Å². The molecule has 202 valence electrons. The van der Waals surface area contributed by atoms with E-state index >= 15 is 13.2 Å². The van der Waals surface area contributed by atoms with Gasteiger partial charge in [-0.2, -0.15) is 0 Å². The maximum atomic E-state index is 15.1. The first-order valence-corrected chi connectivity index (χ1v) is 12.9. The molecule has 1 fully saturated rings. The van der Waals surface area contributed by atoms with Crippen molar-refractivity contribution in [3.05, 3.63) is 99.6 Å². The normalized spacial score (nSPS) is 17.9. The first-order chi connectivity index (χ1) is 18.3. The minimum atomic E-state index is -1.33. The summed E-state index contributed by atoms with van der Waals surface area (Å²) < 4.78 is 94.4. The van der Waals surface area contributed by atoms with E-state index in [1.807, 2.05) is 0 Å². The second-order valence-electron chi connectivity index (χ2n) is 9.69. The largest absolute Gasteiger partial charge is 0.378 e. The molecule has 0 N–H and O–H groups in total. The SMILES string of the molecule is C/C=C/c1ccc(CCc2ccc(-c3ccc(C4CCC(CCC)OC4)c(F)c3F)c(F)c2F)c(F)c1F. The number of halogens is 6. The Hall–Kier alpha value is -3.06. The van der Waals surface area contributed by atoms with Crippen LogP contribution >= 0.6 is 0 Å². The molecular formula is C31H30F6O. The maximum absolute atomic E-state index is 15.1. The van der Waals surface area contributed by atoms with Crippen molar-refractivity contribution in [2.75, 3.05) is 6.61 Å². The van der Waals surface area contributed by atoms with Gasteiger partial charge in [0.1, 0.15) is 0 Å². The molecule has 3 aromatic carbocycles. The molecule has 38 heavy (non-hydrogen) atoms. The zero-order valence-corrected chi connectivity index (χ0v) is 21.4. The van der Waals surface area contributed by atoms with E-state index in [-0.39, 0.29) is 59.3 Å². The summed E-state index contributed by atoms with van der Waals surface area (Å²) in [7, 11) is 0. The molecule has 0 saturated carbocycles. The smallest absolute Gasteiger partial charge is 0.167 e. The van der Waals surface area contributed by atoms with E-state index in [9.17, 15) is 13.2 Å². The van der Waals surface area contributed by atoms with Gasteiger partial charge in [-0.3, -0.25) is 0 Å². The first kappa shape index (κ1) is 28.0. The highest BCUT2D eigenvalue weighted by Crippen LogP contribution is 2.36. The lowest BCUT2D eigenvalue weighted by Gasteiger charge is -2.29. The van der Waals surface area contributed by atoms with Gasteiger partial charge in [0.2, 0.25) is 0 Å². The van der Waals surface area contributed by atoms with Crippen molar-refractivity contribution in [3.8, 4) is 11.1 Å². The number of aryl methyl sites for hydroxylation is 2. The van der Waals surface area contributed by atoms with Gasteiger partial charge in [-0.1, -0.05) is 61.9 Å². The highest BCUT2D eigenvalue weighted by molar-refractivity contribution is 5.66. The predicted molar refractivity (Wildman–Crippen MR) is 137 cm³/mol. The summed E-state index contributed by atoms with van der Waals surface area (Å²) in [5, 5.41) is 0. The van der Waals surface area contributed by atoms with Crippen molar-refractivity contribution in [2.45, 2.75) is 64.4 Å². The molecule has 0 aromatic heterocycles. The Kier molecular flexibility index (Phi) is 8.98. The molecule has 0 amide bonds. The molecule has 7 heteroatoms. The van der Waals surface area contributed by atoms with E-state index in [0.717, 1.165) is 19.3 Å². The highest BCUT2D eigenvalue weighted by Gasteiger charge is 2.28. The third-order valence-electron chi connectivity index (χ3n) is 7.19. The number of allylic oxidation sites excluding steroid dienone is 1. The molecule has 0 radical (unpaired) electrons. The lowest BCUT2D eigenvalue weighted by atomic mass is 9.88. The average molecular weight is 533 g/mol. The van der Waals surface area contributed by atoms with Crippen LogP contribution in [0.5, 0.6) is 0 Å². The number of hydrogen-bond donors (Lipinski definition) is 0. The monoisotopic (exact) mass is 532 g/mol. The summed E-state index contributed by atoms with van der Waals surface area (Å²) in [6.07, 6.45) is 6.23. The van der Waals surface area contributed by atoms with Crippen molar-refractivity contribution < 1.29 is 31.1 Å². The van der Waals surface area contributed by atoms with E-state index in [4.69, 9.17) is 4.74 Å². The first-order valence-electron chi connectivity index (χ1n) is 12.9. The number of rotatable bonds is 8. The lowest BCUT2D eigenvalue weighted by molar-refractivity contribution is -0.00181. The van der Waals surface area contributed by atoms with Crippen LogP contribution in [0.4, 0.5) is 26.3 Å². The minimum Gasteiger partial charge on any atom is -0.378 e. The van der Waals surface area contributed by atoms with Crippen molar-refractivity contribution in [3.63, 3.8) is 0 Å². The molecule has 0 spiro atoms. The fourth-order valence-corrected chi connectivity index (χ4v) is 5.05. The zero-order chi connectivity index (χ0) is 27.4. The third kappa shape index (κ3) is 5.68. The second-order valence-corrected chi connectivity index (χ2v) is 9.69. The van der Waals surface area contributed by atoms with E-state index in [1.54, 1.807) is 13.0 Å². The van der Waals surface area contributed by atoms with Crippen LogP contribution in [0.15, 0.2) is 42.5 Å². The number of ether oxygens (including phenoxy) is 1. The van der Waals surface area contributed by atoms with E-state index in [0.29, 0.717) is 6.42 Å². The summed E-state index contributed by atoms with van der Waals surface area (Å²) in [6.45, 7) is 4.01. The van der Waals surface area contributed by atoms with Crippen molar-refractivity contribution in [2.24, 2.45) is 0 Å². The summed E-state index contributed by atoms with van der Waals surface area (Å²) >= 11 is 0. The topological polar surface area (TPSA) is 9.23 Å². The van der Waals surface area contributed by atoms with Gasteiger partial charge in [-0.05, 0) is 55.7 Å². The van der Waals surface area contributed by atoms with Crippen LogP contribution in [0.2, 0.25) is 0 Å². The average Bonchev–Trinajstić information content (AvgIpc) is 2.91. The molecule has 3 aromatic rings. The van der Waals surface area contributed by atoms with Gasteiger partial charge in [0.25, 0.3) is 0 Å². The molecule has 2 atom stereocenters. The fourth-order valence-electron chi connectivity index (χ4n) is 5.05. The minimum absolute atomic E-state index is 0.0241. The molecular weight excluding hydrogens is 502 g/mol. The Morgan fingerprint density at radius 3 is 1.95 bits per heavy atom. The zero-order valence-electron chi connectivity index (χ0n) is 21.4. The predicted octanol–water partition coefficient (Wildman–Crippen LogP) is 9.07. The number of benzene rings is 3. The maximum Gasteiger partial charge on any atom is 0.167 e. The third-order valence-corrected chi connectivity index (χ3v) is 7.19. The van der Waals surface area contributed by atoms with Crippen LogP contribution in [-0.2, 0) is 17.6 Å². The van der Waals surface area contributed by atoms with E-state index < -0.39 is 40.5 Å². The molecule has 1 saturated heterocycles. The molecule has 0 bridgehead atoms. The van der Waals surface area contributed by atoms with Crippen molar-refractivity contribution >= 4 is 6.08 Å². The molecule has 1 nitrogen and oxygen atoms in total.